The van der Waals surface area contributed by atoms with Gasteiger partial charge >= 0.3 is 0 Å². The van der Waals surface area contributed by atoms with Crippen molar-refractivity contribution in [1.82, 2.24) is 14.8 Å². The molecule has 0 aromatic carbocycles. The third kappa shape index (κ3) is 3.89. The number of aryl methyl sites for hydroxylation is 3. The van der Waals surface area contributed by atoms with Gasteiger partial charge in [-0.05, 0) is 37.5 Å². The summed E-state index contributed by atoms with van der Waals surface area (Å²) in [6.07, 6.45) is 4.55. The van der Waals surface area contributed by atoms with Crippen LogP contribution in [0.3, 0.4) is 0 Å². The lowest BCUT2D eigenvalue weighted by molar-refractivity contribution is 0.162. The number of aliphatic hydroxyl groups excluding tert-OH is 1. The first kappa shape index (κ1) is 13.7. The molecule has 4 nitrogen and oxygen atoms in total. The van der Waals surface area contributed by atoms with E-state index in [1.807, 2.05) is 29.9 Å². The molecule has 0 aliphatic heterocycles. The van der Waals surface area contributed by atoms with Crippen LogP contribution in [0.25, 0.3) is 0 Å². The zero-order valence-corrected chi connectivity index (χ0v) is 11.6. The largest absolute Gasteiger partial charge is 0.393 e. The highest BCUT2D eigenvalue weighted by Crippen LogP contribution is 2.10. The lowest BCUT2D eigenvalue weighted by Gasteiger charge is -2.10. The Morgan fingerprint density at radius 1 is 1.32 bits per heavy atom. The molecule has 19 heavy (non-hydrogen) atoms. The first-order chi connectivity index (χ1) is 9.19. The van der Waals surface area contributed by atoms with Crippen LogP contribution in [0.5, 0.6) is 0 Å². The van der Waals surface area contributed by atoms with E-state index in [4.69, 9.17) is 0 Å². The summed E-state index contributed by atoms with van der Waals surface area (Å²) in [5.41, 5.74) is 3.20. The lowest BCUT2D eigenvalue weighted by Crippen LogP contribution is -2.14. The second-order valence-electron chi connectivity index (χ2n) is 4.82. The predicted octanol–water partition coefficient (Wildman–Crippen LogP) is 1.91. The number of aliphatic hydroxyl groups is 1. The average Bonchev–Trinajstić information content (AvgIpc) is 2.78. The van der Waals surface area contributed by atoms with E-state index in [1.165, 1.54) is 0 Å². The topological polar surface area (TPSA) is 50.9 Å². The molecule has 0 fully saturated rings. The summed E-state index contributed by atoms with van der Waals surface area (Å²) in [6.45, 7) is 2.09. The van der Waals surface area contributed by atoms with Crippen molar-refractivity contribution in [2.45, 2.75) is 38.7 Å². The second kappa shape index (κ2) is 6.48. The molecule has 2 aromatic rings. The zero-order valence-electron chi connectivity index (χ0n) is 11.6. The van der Waals surface area contributed by atoms with Gasteiger partial charge in [-0.3, -0.25) is 9.67 Å². The van der Waals surface area contributed by atoms with E-state index in [0.717, 1.165) is 36.3 Å². The highest BCUT2D eigenvalue weighted by Gasteiger charge is 2.10. The SMILES string of the molecule is CCc1cc(CC(O)CCc2ccccn2)n(C)n1. The molecule has 0 spiro atoms. The first-order valence-corrected chi connectivity index (χ1v) is 6.78. The molecule has 1 atom stereocenters. The molecule has 0 amide bonds. The Morgan fingerprint density at radius 3 is 2.79 bits per heavy atom. The molecule has 1 unspecified atom stereocenters. The lowest BCUT2D eigenvalue weighted by atomic mass is 10.1. The molecule has 4 heteroatoms. The Bertz CT molecular complexity index is 507. The van der Waals surface area contributed by atoms with Crippen molar-refractivity contribution >= 4 is 0 Å². The third-order valence-corrected chi connectivity index (χ3v) is 3.29. The molecule has 0 aliphatic rings. The van der Waals surface area contributed by atoms with Crippen molar-refractivity contribution < 1.29 is 5.11 Å². The Hall–Kier alpha value is -1.68. The standard InChI is InChI=1S/C15H21N3O/c1-3-12-10-14(18(2)17-12)11-15(19)8-7-13-6-4-5-9-16-13/h4-6,9-10,15,19H,3,7-8,11H2,1-2H3. The van der Waals surface area contributed by atoms with Crippen molar-refractivity contribution in [2.24, 2.45) is 7.05 Å². The fourth-order valence-corrected chi connectivity index (χ4v) is 2.14. The Morgan fingerprint density at radius 2 is 2.16 bits per heavy atom. The molecule has 0 radical (unpaired) electrons. The molecule has 102 valence electrons. The summed E-state index contributed by atoms with van der Waals surface area (Å²) < 4.78 is 1.86. The van der Waals surface area contributed by atoms with Crippen LogP contribution in [-0.4, -0.2) is 26.0 Å². The van der Waals surface area contributed by atoms with Gasteiger partial charge in [0.1, 0.15) is 0 Å². The highest BCUT2D eigenvalue weighted by molar-refractivity contribution is 5.11. The highest BCUT2D eigenvalue weighted by atomic mass is 16.3. The van der Waals surface area contributed by atoms with Gasteiger partial charge < -0.3 is 5.11 Å². The van der Waals surface area contributed by atoms with Gasteiger partial charge in [0.25, 0.3) is 0 Å². The minimum absolute atomic E-state index is 0.345. The van der Waals surface area contributed by atoms with Crippen LogP contribution in [0.2, 0.25) is 0 Å². The van der Waals surface area contributed by atoms with E-state index in [0.29, 0.717) is 6.42 Å². The van der Waals surface area contributed by atoms with E-state index >= 15 is 0 Å². The van der Waals surface area contributed by atoms with Crippen LogP contribution in [0, 0.1) is 0 Å². The van der Waals surface area contributed by atoms with E-state index in [1.54, 1.807) is 6.20 Å². The smallest absolute Gasteiger partial charge is 0.0624 e. The molecule has 1 N–H and O–H groups in total. The monoisotopic (exact) mass is 259 g/mol. The van der Waals surface area contributed by atoms with Crippen molar-refractivity contribution in [3.8, 4) is 0 Å². The van der Waals surface area contributed by atoms with Crippen LogP contribution in [0.15, 0.2) is 30.5 Å². The summed E-state index contributed by atoms with van der Waals surface area (Å²) in [5.74, 6) is 0. The molecular formula is C15H21N3O. The van der Waals surface area contributed by atoms with Crippen LogP contribution in [-0.2, 0) is 26.3 Å². The molecule has 0 saturated carbocycles. The van der Waals surface area contributed by atoms with Gasteiger partial charge in [0, 0.05) is 31.1 Å². The number of nitrogens with zero attached hydrogens (tertiary/aromatic N) is 3. The normalized spacial score (nSPS) is 12.6. The van der Waals surface area contributed by atoms with Crippen LogP contribution in [0.4, 0.5) is 0 Å². The van der Waals surface area contributed by atoms with Crippen LogP contribution < -0.4 is 0 Å². The maximum atomic E-state index is 10.1. The summed E-state index contributed by atoms with van der Waals surface area (Å²) in [7, 11) is 1.93. The van der Waals surface area contributed by atoms with E-state index in [9.17, 15) is 5.11 Å². The number of hydrogen-bond acceptors (Lipinski definition) is 3. The van der Waals surface area contributed by atoms with Gasteiger partial charge in [0.05, 0.1) is 11.8 Å². The Kier molecular flexibility index (Phi) is 4.68. The zero-order chi connectivity index (χ0) is 13.7. The van der Waals surface area contributed by atoms with Crippen molar-refractivity contribution in [2.75, 3.05) is 0 Å². The quantitative estimate of drug-likeness (QED) is 0.862. The fourth-order valence-electron chi connectivity index (χ4n) is 2.14. The minimum atomic E-state index is -0.345. The summed E-state index contributed by atoms with van der Waals surface area (Å²) in [6, 6.07) is 7.95. The van der Waals surface area contributed by atoms with E-state index < -0.39 is 0 Å². The van der Waals surface area contributed by atoms with Crippen LogP contribution in [0.1, 0.15) is 30.4 Å². The average molecular weight is 259 g/mol. The molecule has 2 heterocycles. The summed E-state index contributed by atoms with van der Waals surface area (Å²) in [5, 5.41) is 14.5. The number of rotatable bonds is 6. The molecule has 0 bridgehead atoms. The second-order valence-corrected chi connectivity index (χ2v) is 4.82. The maximum absolute atomic E-state index is 10.1. The summed E-state index contributed by atoms with van der Waals surface area (Å²) in [4.78, 5) is 4.26. The summed E-state index contributed by atoms with van der Waals surface area (Å²) >= 11 is 0. The molecule has 0 aliphatic carbocycles. The molecule has 2 rings (SSSR count). The van der Waals surface area contributed by atoms with Gasteiger partial charge in [0.15, 0.2) is 0 Å². The fraction of sp³-hybridized carbons (Fsp3) is 0.467. The number of hydrogen-bond donors (Lipinski definition) is 1. The number of aromatic nitrogens is 3. The maximum Gasteiger partial charge on any atom is 0.0624 e. The predicted molar refractivity (Wildman–Crippen MR) is 74.9 cm³/mol. The Labute approximate surface area is 114 Å². The van der Waals surface area contributed by atoms with Crippen molar-refractivity contribution in [1.29, 1.82) is 0 Å². The molecule has 2 aromatic heterocycles. The van der Waals surface area contributed by atoms with Gasteiger partial charge in [-0.25, -0.2) is 0 Å². The van der Waals surface area contributed by atoms with E-state index in [-0.39, 0.29) is 6.10 Å². The third-order valence-electron chi connectivity index (χ3n) is 3.29. The minimum Gasteiger partial charge on any atom is -0.393 e. The van der Waals surface area contributed by atoms with E-state index in [2.05, 4.69) is 23.1 Å². The molecule has 0 saturated heterocycles. The number of pyridine rings is 1. The van der Waals surface area contributed by atoms with Gasteiger partial charge in [-0.15, -0.1) is 0 Å². The van der Waals surface area contributed by atoms with Gasteiger partial charge in [0.2, 0.25) is 0 Å². The first-order valence-electron chi connectivity index (χ1n) is 6.78. The van der Waals surface area contributed by atoms with Crippen molar-refractivity contribution in [3.63, 3.8) is 0 Å². The van der Waals surface area contributed by atoms with Gasteiger partial charge in [-0.2, -0.15) is 5.10 Å². The van der Waals surface area contributed by atoms with Crippen LogP contribution >= 0.6 is 0 Å². The molecular weight excluding hydrogens is 238 g/mol. The van der Waals surface area contributed by atoms with Crippen molar-refractivity contribution in [3.05, 3.63) is 47.5 Å². The Balaban J connectivity index is 1.87. The van der Waals surface area contributed by atoms with Gasteiger partial charge in [-0.1, -0.05) is 13.0 Å².